The summed E-state index contributed by atoms with van der Waals surface area (Å²) in [6.07, 6.45) is 2.42. The summed E-state index contributed by atoms with van der Waals surface area (Å²) < 4.78 is 0. The SMILES string of the molecule is Cc1ccc(C(=O)Nc2nc(CC(=O)N3CCN(CC(=O)N4CCCC4)CC3)cs2)s1. The van der Waals surface area contributed by atoms with Gasteiger partial charge in [-0.2, -0.15) is 0 Å². The molecule has 8 nitrogen and oxygen atoms in total. The Kier molecular flexibility index (Phi) is 6.99. The molecule has 31 heavy (non-hydrogen) atoms. The number of nitrogens with one attached hydrogen (secondary N) is 1. The van der Waals surface area contributed by atoms with Gasteiger partial charge >= 0.3 is 0 Å². The molecule has 0 spiro atoms. The van der Waals surface area contributed by atoms with Gasteiger partial charge in [-0.15, -0.1) is 22.7 Å². The average Bonchev–Trinajstić information content (AvgIpc) is 3.51. The molecule has 2 saturated heterocycles. The van der Waals surface area contributed by atoms with Crippen molar-refractivity contribution in [1.82, 2.24) is 19.7 Å². The fraction of sp³-hybridized carbons (Fsp3) is 0.524. The van der Waals surface area contributed by atoms with E-state index in [0.29, 0.717) is 48.4 Å². The maximum atomic E-state index is 12.7. The van der Waals surface area contributed by atoms with Crippen LogP contribution in [0.2, 0.25) is 0 Å². The monoisotopic (exact) mass is 461 g/mol. The Hall–Kier alpha value is -2.30. The molecule has 2 aliphatic heterocycles. The molecule has 0 unspecified atom stereocenters. The zero-order chi connectivity index (χ0) is 21.8. The minimum atomic E-state index is -0.176. The Balaban J connectivity index is 1.22. The van der Waals surface area contributed by atoms with Gasteiger partial charge < -0.3 is 9.80 Å². The van der Waals surface area contributed by atoms with Crippen LogP contribution >= 0.6 is 22.7 Å². The smallest absolute Gasteiger partial charge is 0.267 e. The van der Waals surface area contributed by atoms with Crippen LogP contribution in [0.5, 0.6) is 0 Å². The number of likely N-dealkylation sites (tertiary alicyclic amines) is 1. The van der Waals surface area contributed by atoms with Crippen LogP contribution in [0.1, 0.15) is 33.1 Å². The first kappa shape index (κ1) is 21.9. The van der Waals surface area contributed by atoms with Crippen molar-refractivity contribution < 1.29 is 14.4 Å². The Morgan fingerprint density at radius 1 is 1.00 bits per heavy atom. The Morgan fingerprint density at radius 2 is 1.71 bits per heavy atom. The highest BCUT2D eigenvalue weighted by Crippen LogP contribution is 2.20. The molecule has 0 radical (unpaired) electrons. The van der Waals surface area contributed by atoms with Gasteiger partial charge in [0.25, 0.3) is 5.91 Å². The molecule has 3 amide bonds. The summed E-state index contributed by atoms with van der Waals surface area (Å²) in [6.45, 7) is 6.82. The van der Waals surface area contributed by atoms with Crippen molar-refractivity contribution in [2.24, 2.45) is 0 Å². The van der Waals surface area contributed by atoms with E-state index in [0.717, 1.165) is 30.8 Å². The molecule has 4 rings (SSSR count). The number of aryl methyl sites for hydroxylation is 1. The Morgan fingerprint density at radius 3 is 2.39 bits per heavy atom. The lowest BCUT2D eigenvalue weighted by Crippen LogP contribution is -2.51. The molecule has 4 heterocycles. The number of thiophene rings is 1. The lowest BCUT2D eigenvalue weighted by Gasteiger charge is -2.35. The molecular formula is C21H27N5O3S2. The molecule has 166 valence electrons. The van der Waals surface area contributed by atoms with Crippen LogP contribution in [0.4, 0.5) is 5.13 Å². The highest BCUT2D eigenvalue weighted by molar-refractivity contribution is 7.15. The van der Waals surface area contributed by atoms with Crippen molar-refractivity contribution in [3.05, 3.63) is 33.0 Å². The highest BCUT2D eigenvalue weighted by Gasteiger charge is 2.25. The van der Waals surface area contributed by atoms with Crippen molar-refractivity contribution in [3.63, 3.8) is 0 Å². The molecule has 0 aromatic carbocycles. The predicted octanol–water partition coefficient (Wildman–Crippen LogP) is 2.07. The van der Waals surface area contributed by atoms with E-state index in [9.17, 15) is 14.4 Å². The second-order valence-corrected chi connectivity index (χ2v) is 10.1. The van der Waals surface area contributed by atoms with Gasteiger partial charge in [-0.3, -0.25) is 24.6 Å². The van der Waals surface area contributed by atoms with Crippen LogP contribution in [-0.4, -0.2) is 83.2 Å². The number of nitrogens with zero attached hydrogens (tertiary/aromatic N) is 4. The summed E-state index contributed by atoms with van der Waals surface area (Å²) >= 11 is 2.77. The Bertz CT molecular complexity index is 942. The van der Waals surface area contributed by atoms with E-state index in [-0.39, 0.29) is 24.1 Å². The number of hydrogen-bond acceptors (Lipinski definition) is 7. The van der Waals surface area contributed by atoms with Crippen molar-refractivity contribution in [2.75, 3.05) is 51.1 Å². The van der Waals surface area contributed by atoms with E-state index in [2.05, 4.69) is 15.2 Å². The van der Waals surface area contributed by atoms with Gasteiger partial charge in [0.2, 0.25) is 11.8 Å². The van der Waals surface area contributed by atoms with Crippen LogP contribution in [0.15, 0.2) is 17.5 Å². The third-order valence-electron chi connectivity index (χ3n) is 5.61. The summed E-state index contributed by atoms with van der Waals surface area (Å²) in [4.78, 5) is 49.3. The molecule has 0 atom stereocenters. The lowest BCUT2D eigenvalue weighted by molar-refractivity contribution is -0.134. The van der Waals surface area contributed by atoms with E-state index in [1.165, 1.54) is 22.7 Å². The molecule has 0 aliphatic carbocycles. The molecule has 10 heteroatoms. The van der Waals surface area contributed by atoms with E-state index >= 15 is 0 Å². The molecule has 1 N–H and O–H groups in total. The number of amides is 3. The number of carbonyl (C=O) groups excluding carboxylic acids is 3. The van der Waals surface area contributed by atoms with Gasteiger partial charge in [-0.05, 0) is 31.9 Å². The van der Waals surface area contributed by atoms with Gasteiger partial charge in [0, 0.05) is 49.5 Å². The third-order valence-corrected chi connectivity index (χ3v) is 7.42. The summed E-state index contributed by atoms with van der Waals surface area (Å²) in [5, 5.41) is 5.12. The molecule has 0 bridgehead atoms. The highest BCUT2D eigenvalue weighted by atomic mass is 32.1. The van der Waals surface area contributed by atoms with Gasteiger partial charge in [0.15, 0.2) is 5.13 Å². The minimum Gasteiger partial charge on any atom is -0.342 e. The maximum absolute atomic E-state index is 12.7. The molecule has 2 fully saturated rings. The molecule has 2 aromatic rings. The number of hydrogen-bond donors (Lipinski definition) is 1. The molecule has 2 aromatic heterocycles. The van der Waals surface area contributed by atoms with E-state index < -0.39 is 0 Å². The second-order valence-electron chi connectivity index (χ2n) is 7.93. The van der Waals surface area contributed by atoms with Crippen LogP contribution < -0.4 is 5.32 Å². The topological polar surface area (TPSA) is 85.9 Å². The number of carbonyl (C=O) groups is 3. The summed E-state index contributed by atoms with van der Waals surface area (Å²) in [5.74, 6) is 0.0551. The van der Waals surface area contributed by atoms with Crippen molar-refractivity contribution in [1.29, 1.82) is 0 Å². The Labute approximate surface area is 189 Å². The number of rotatable bonds is 6. The summed E-state index contributed by atoms with van der Waals surface area (Å²) in [5.41, 5.74) is 0.666. The van der Waals surface area contributed by atoms with E-state index in [1.807, 2.05) is 28.2 Å². The second kappa shape index (κ2) is 9.88. The largest absolute Gasteiger partial charge is 0.342 e. The van der Waals surface area contributed by atoms with Crippen molar-refractivity contribution in [2.45, 2.75) is 26.2 Å². The number of piperazine rings is 1. The van der Waals surface area contributed by atoms with Crippen LogP contribution in [0.3, 0.4) is 0 Å². The normalized spacial score (nSPS) is 17.2. The zero-order valence-corrected chi connectivity index (χ0v) is 19.3. The molecule has 2 aliphatic rings. The fourth-order valence-corrected chi connectivity index (χ4v) is 5.31. The fourth-order valence-electron chi connectivity index (χ4n) is 3.84. The first-order valence-corrected chi connectivity index (χ1v) is 12.3. The van der Waals surface area contributed by atoms with Gasteiger partial charge in [0.05, 0.1) is 23.5 Å². The number of aromatic nitrogens is 1. The maximum Gasteiger partial charge on any atom is 0.267 e. The summed E-state index contributed by atoms with van der Waals surface area (Å²) in [6, 6.07) is 3.71. The minimum absolute atomic E-state index is 0.0302. The van der Waals surface area contributed by atoms with Crippen LogP contribution in [0, 0.1) is 6.92 Å². The number of anilines is 1. The summed E-state index contributed by atoms with van der Waals surface area (Å²) in [7, 11) is 0. The number of thiazole rings is 1. The zero-order valence-electron chi connectivity index (χ0n) is 17.6. The molecular weight excluding hydrogens is 434 g/mol. The average molecular weight is 462 g/mol. The quantitative estimate of drug-likeness (QED) is 0.712. The van der Waals surface area contributed by atoms with Gasteiger partial charge in [0.1, 0.15) is 0 Å². The van der Waals surface area contributed by atoms with Crippen LogP contribution in [-0.2, 0) is 16.0 Å². The van der Waals surface area contributed by atoms with Crippen LogP contribution in [0.25, 0.3) is 0 Å². The van der Waals surface area contributed by atoms with Crippen molar-refractivity contribution in [3.8, 4) is 0 Å². The first-order valence-electron chi connectivity index (χ1n) is 10.6. The van der Waals surface area contributed by atoms with Gasteiger partial charge in [-0.25, -0.2) is 4.98 Å². The third kappa shape index (κ3) is 5.69. The predicted molar refractivity (Wildman–Crippen MR) is 122 cm³/mol. The first-order chi connectivity index (χ1) is 15.0. The van der Waals surface area contributed by atoms with Crippen molar-refractivity contribution >= 4 is 45.5 Å². The van der Waals surface area contributed by atoms with E-state index in [1.54, 1.807) is 6.07 Å². The van der Waals surface area contributed by atoms with E-state index in [4.69, 9.17) is 0 Å². The lowest BCUT2D eigenvalue weighted by atomic mass is 10.2. The standard InChI is InChI=1S/C21H27N5O3S2/c1-15-4-5-17(31-15)20(29)23-21-22-16(14-30-21)12-18(27)26-10-8-24(9-11-26)13-19(28)25-6-2-3-7-25/h4-5,14H,2-3,6-13H2,1H3,(H,22,23,29). The molecule has 0 saturated carbocycles. The van der Waals surface area contributed by atoms with Gasteiger partial charge in [-0.1, -0.05) is 0 Å².